The van der Waals surface area contributed by atoms with E-state index in [2.05, 4.69) is 33.8 Å². The number of rotatable bonds is 9. The molecular formula is C46H60N2O10. The molecule has 3 aliphatic carbocycles. The fourth-order valence-corrected chi connectivity index (χ4v) is 6.70. The Balaban J connectivity index is 0.000000196. The maximum absolute atomic E-state index is 12.3. The number of alkyl carbamates (subject to hydrolysis) is 1. The number of carbonyl (C=O) groups excluding carboxylic acids is 5. The normalized spacial score (nSPS) is 16.3. The fraction of sp³-hybridized carbons (Fsp3) is 0.500. The predicted molar refractivity (Wildman–Crippen MR) is 220 cm³/mol. The molecule has 0 saturated heterocycles. The van der Waals surface area contributed by atoms with Gasteiger partial charge in [-0.05, 0) is 145 Å². The third-order valence-corrected chi connectivity index (χ3v) is 10.7. The van der Waals surface area contributed by atoms with Crippen molar-refractivity contribution in [1.82, 2.24) is 10.2 Å². The molecule has 12 nitrogen and oxygen atoms in total. The van der Waals surface area contributed by atoms with E-state index in [1.807, 2.05) is 77.9 Å². The van der Waals surface area contributed by atoms with Gasteiger partial charge < -0.3 is 33.9 Å². The van der Waals surface area contributed by atoms with E-state index in [4.69, 9.17) is 14.2 Å². The van der Waals surface area contributed by atoms with Gasteiger partial charge in [-0.1, -0.05) is 43.3 Å². The van der Waals surface area contributed by atoms with Crippen LogP contribution in [0.5, 0.6) is 0 Å². The first-order valence-corrected chi connectivity index (χ1v) is 19.7. The SMILES string of the molecule is CCC1(c2ccc(C(=O)OC)cc2)CC1.COC(=O)c1ccc(C2(N(C)C(=O)OC(C)(C)C)CC2)cc1.COC(=O)c1ccc(C2(NC(=O)OC(C)(C)C)CC2)cc1. The van der Waals surface area contributed by atoms with E-state index in [0.717, 1.165) is 36.8 Å². The summed E-state index contributed by atoms with van der Waals surface area (Å²) >= 11 is 0. The van der Waals surface area contributed by atoms with Crippen LogP contribution in [0.25, 0.3) is 0 Å². The van der Waals surface area contributed by atoms with E-state index >= 15 is 0 Å². The van der Waals surface area contributed by atoms with Gasteiger partial charge in [0, 0.05) is 7.05 Å². The summed E-state index contributed by atoms with van der Waals surface area (Å²) in [6.07, 6.45) is 6.50. The molecule has 12 heteroatoms. The lowest BCUT2D eigenvalue weighted by atomic mass is 9.92. The van der Waals surface area contributed by atoms with Crippen molar-refractivity contribution in [1.29, 1.82) is 0 Å². The monoisotopic (exact) mass is 800 g/mol. The van der Waals surface area contributed by atoms with Crippen LogP contribution in [0.3, 0.4) is 0 Å². The van der Waals surface area contributed by atoms with Crippen molar-refractivity contribution in [2.24, 2.45) is 0 Å². The summed E-state index contributed by atoms with van der Waals surface area (Å²) in [7, 11) is 5.87. The van der Waals surface area contributed by atoms with Gasteiger partial charge in [-0.3, -0.25) is 0 Å². The highest BCUT2D eigenvalue weighted by molar-refractivity contribution is 5.90. The van der Waals surface area contributed by atoms with Gasteiger partial charge in [0.05, 0.1) is 49.1 Å². The highest BCUT2D eigenvalue weighted by Crippen LogP contribution is 2.51. The molecule has 314 valence electrons. The minimum atomic E-state index is -0.519. The fourth-order valence-electron chi connectivity index (χ4n) is 6.70. The van der Waals surface area contributed by atoms with Gasteiger partial charge in [0.2, 0.25) is 0 Å². The number of ether oxygens (including phenoxy) is 5. The molecule has 0 aliphatic heterocycles. The number of hydrogen-bond donors (Lipinski definition) is 1. The Morgan fingerprint density at radius 3 is 1.26 bits per heavy atom. The highest BCUT2D eigenvalue weighted by Gasteiger charge is 2.51. The summed E-state index contributed by atoms with van der Waals surface area (Å²) in [5, 5.41) is 2.93. The minimum Gasteiger partial charge on any atom is -0.465 e. The van der Waals surface area contributed by atoms with E-state index in [1.165, 1.54) is 46.2 Å². The average Bonchev–Trinajstić information content (AvgIpc) is 4.08. The van der Waals surface area contributed by atoms with Gasteiger partial charge in [0.1, 0.15) is 11.2 Å². The van der Waals surface area contributed by atoms with Crippen LogP contribution in [0.1, 0.15) is 141 Å². The molecule has 2 amide bonds. The second-order valence-corrected chi connectivity index (χ2v) is 17.1. The van der Waals surface area contributed by atoms with E-state index in [-0.39, 0.29) is 35.1 Å². The average molecular weight is 801 g/mol. The summed E-state index contributed by atoms with van der Waals surface area (Å²) in [5.74, 6) is -0.994. The second kappa shape index (κ2) is 18.0. The molecule has 3 saturated carbocycles. The van der Waals surface area contributed by atoms with Crippen molar-refractivity contribution < 1.29 is 47.7 Å². The molecule has 0 unspecified atom stereocenters. The molecule has 1 N–H and O–H groups in total. The summed E-state index contributed by atoms with van der Waals surface area (Å²) in [4.78, 5) is 60.0. The van der Waals surface area contributed by atoms with E-state index in [0.29, 0.717) is 22.1 Å². The Morgan fingerprint density at radius 1 is 0.569 bits per heavy atom. The number of hydrogen-bond acceptors (Lipinski definition) is 10. The van der Waals surface area contributed by atoms with Crippen molar-refractivity contribution in [3.05, 3.63) is 106 Å². The van der Waals surface area contributed by atoms with Crippen molar-refractivity contribution in [3.63, 3.8) is 0 Å². The lowest BCUT2D eigenvalue weighted by Gasteiger charge is -2.31. The Hall–Kier alpha value is -5.39. The van der Waals surface area contributed by atoms with Crippen molar-refractivity contribution >= 4 is 30.1 Å². The summed E-state index contributed by atoms with van der Waals surface area (Å²) in [6.45, 7) is 13.3. The van der Waals surface area contributed by atoms with Gasteiger partial charge in [-0.15, -0.1) is 0 Å². The number of amides is 2. The van der Waals surface area contributed by atoms with Crippen LogP contribution >= 0.6 is 0 Å². The number of nitrogens with zero attached hydrogens (tertiary/aromatic N) is 1. The van der Waals surface area contributed by atoms with E-state index in [1.54, 1.807) is 36.2 Å². The quantitative estimate of drug-likeness (QED) is 0.164. The Kier molecular flexibility index (Phi) is 14.1. The Morgan fingerprint density at radius 2 is 0.948 bits per heavy atom. The zero-order valence-electron chi connectivity index (χ0n) is 35.9. The number of carbonyl (C=O) groups is 5. The van der Waals surface area contributed by atoms with Gasteiger partial charge >= 0.3 is 30.1 Å². The second-order valence-electron chi connectivity index (χ2n) is 17.1. The molecule has 0 spiro atoms. The zero-order chi connectivity index (χ0) is 43.1. The van der Waals surface area contributed by atoms with Gasteiger partial charge in [0.25, 0.3) is 0 Å². The van der Waals surface area contributed by atoms with Gasteiger partial charge in [-0.25, -0.2) is 24.0 Å². The number of nitrogens with one attached hydrogen (secondary N) is 1. The van der Waals surface area contributed by atoms with Crippen molar-refractivity contribution in [3.8, 4) is 0 Å². The topological polar surface area (TPSA) is 147 Å². The predicted octanol–water partition coefficient (Wildman–Crippen LogP) is 9.23. The third-order valence-electron chi connectivity index (χ3n) is 10.7. The first kappa shape index (κ1) is 45.3. The molecule has 3 fully saturated rings. The zero-order valence-corrected chi connectivity index (χ0v) is 35.9. The molecule has 0 bridgehead atoms. The number of benzene rings is 3. The molecule has 0 heterocycles. The van der Waals surface area contributed by atoms with Crippen LogP contribution < -0.4 is 5.32 Å². The van der Waals surface area contributed by atoms with Crippen molar-refractivity contribution in [2.45, 2.75) is 121 Å². The van der Waals surface area contributed by atoms with E-state index < -0.39 is 17.3 Å². The first-order chi connectivity index (χ1) is 27.2. The third kappa shape index (κ3) is 11.6. The number of methoxy groups -OCH3 is 3. The molecule has 3 aromatic rings. The Bertz CT molecular complexity index is 1910. The van der Waals surface area contributed by atoms with Gasteiger partial charge in [0.15, 0.2) is 0 Å². The molecule has 3 aromatic carbocycles. The minimum absolute atomic E-state index is 0.261. The summed E-state index contributed by atoms with van der Waals surface area (Å²) in [6, 6.07) is 22.1. The Labute approximate surface area is 342 Å². The molecule has 6 rings (SSSR count). The molecular weight excluding hydrogens is 741 g/mol. The summed E-state index contributed by atoms with van der Waals surface area (Å²) in [5.41, 5.74) is 3.66. The van der Waals surface area contributed by atoms with Crippen LogP contribution in [0.4, 0.5) is 9.59 Å². The highest BCUT2D eigenvalue weighted by atomic mass is 16.6. The standard InChI is InChI=1S/C17H23NO4.C16H21NO4.C13H16O2/c1-16(2,3)22-15(20)18(4)17(10-11-17)13-8-6-12(7-9-13)14(19)21-5;1-15(2,3)21-14(19)17-16(9-10-16)12-7-5-11(6-8-12)13(18)20-4;1-3-13(8-9-13)11-6-4-10(5-7-11)12(14)15-2/h6-9H,10-11H2,1-5H3;5-8H,9-10H2,1-4H3,(H,17,19);4-7H,3,8-9H2,1-2H3. The summed E-state index contributed by atoms with van der Waals surface area (Å²) < 4.78 is 24.8. The lowest BCUT2D eigenvalue weighted by molar-refractivity contribution is 0.0188. The smallest absolute Gasteiger partial charge is 0.410 e. The van der Waals surface area contributed by atoms with E-state index in [9.17, 15) is 24.0 Å². The van der Waals surface area contributed by atoms with Crippen LogP contribution in [-0.4, -0.2) is 74.6 Å². The van der Waals surface area contributed by atoms with Crippen LogP contribution in [0.2, 0.25) is 0 Å². The van der Waals surface area contributed by atoms with Crippen LogP contribution in [0.15, 0.2) is 72.8 Å². The first-order valence-electron chi connectivity index (χ1n) is 19.7. The maximum atomic E-state index is 12.3. The molecule has 58 heavy (non-hydrogen) atoms. The van der Waals surface area contributed by atoms with Crippen LogP contribution in [0, 0.1) is 0 Å². The van der Waals surface area contributed by atoms with Crippen molar-refractivity contribution in [2.75, 3.05) is 28.4 Å². The number of esters is 3. The molecule has 3 aliphatic rings. The molecule has 0 aromatic heterocycles. The lowest BCUT2D eigenvalue weighted by Crippen LogP contribution is -2.40. The molecule has 0 atom stereocenters. The maximum Gasteiger partial charge on any atom is 0.410 e. The molecule has 0 radical (unpaired) electrons. The largest absolute Gasteiger partial charge is 0.465 e. The van der Waals surface area contributed by atoms with Crippen LogP contribution in [-0.2, 0) is 40.2 Å². The van der Waals surface area contributed by atoms with Gasteiger partial charge in [-0.2, -0.15) is 0 Å².